The van der Waals surface area contributed by atoms with Crippen molar-refractivity contribution in [3.8, 4) is 0 Å². The molecule has 2 aliphatic heterocycles. The van der Waals surface area contributed by atoms with Crippen LogP contribution in [0.5, 0.6) is 0 Å². The van der Waals surface area contributed by atoms with Crippen molar-refractivity contribution in [3.05, 3.63) is 33.1 Å². The standard InChI is InChI=1S/C12H15FN2O6/c1-11-8(19-6-20-11)12(4-13,5-16)21-9(11)15-3-2-7(17)14-10(15)18/h2-3,8-9,16H,4-6H2,1H3,(H,14,17,18)/t8-,9+,11+,12+/m0/s1. The van der Waals surface area contributed by atoms with E-state index >= 15 is 0 Å². The van der Waals surface area contributed by atoms with Crippen LogP contribution < -0.4 is 11.2 Å². The molecular weight excluding hydrogens is 287 g/mol. The van der Waals surface area contributed by atoms with Crippen molar-refractivity contribution in [1.29, 1.82) is 0 Å². The van der Waals surface area contributed by atoms with E-state index in [0.717, 1.165) is 10.6 Å². The highest BCUT2D eigenvalue weighted by Gasteiger charge is 2.67. The summed E-state index contributed by atoms with van der Waals surface area (Å²) in [6, 6.07) is 1.15. The van der Waals surface area contributed by atoms with E-state index in [9.17, 15) is 19.1 Å². The molecule has 9 heteroatoms. The Labute approximate surface area is 118 Å². The first-order chi connectivity index (χ1) is 9.97. The number of nitrogens with zero attached hydrogens (tertiary/aromatic N) is 1. The zero-order valence-corrected chi connectivity index (χ0v) is 11.2. The molecule has 0 aromatic carbocycles. The van der Waals surface area contributed by atoms with Crippen molar-refractivity contribution in [2.45, 2.75) is 30.5 Å². The maximum absolute atomic E-state index is 13.4. The molecule has 1 aromatic heterocycles. The Balaban J connectivity index is 2.11. The van der Waals surface area contributed by atoms with E-state index in [1.807, 2.05) is 0 Å². The average molecular weight is 302 g/mol. The molecule has 4 atom stereocenters. The van der Waals surface area contributed by atoms with Gasteiger partial charge in [0.15, 0.2) is 11.8 Å². The highest BCUT2D eigenvalue weighted by Crippen LogP contribution is 2.50. The van der Waals surface area contributed by atoms with Gasteiger partial charge in [-0.05, 0) is 6.92 Å². The lowest BCUT2D eigenvalue weighted by Gasteiger charge is -2.28. The first-order valence-corrected chi connectivity index (χ1v) is 6.38. The van der Waals surface area contributed by atoms with E-state index in [1.54, 1.807) is 6.92 Å². The third kappa shape index (κ3) is 1.89. The number of rotatable bonds is 3. The Bertz CT molecular complexity index is 654. The number of hydrogen-bond donors (Lipinski definition) is 2. The normalized spacial score (nSPS) is 38.6. The van der Waals surface area contributed by atoms with Crippen LogP contribution in [-0.4, -0.2) is 52.0 Å². The van der Waals surface area contributed by atoms with Gasteiger partial charge in [-0.25, -0.2) is 9.18 Å². The second-order valence-corrected chi connectivity index (χ2v) is 5.34. The molecule has 0 aliphatic carbocycles. The van der Waals surface area contributed by atoms with Crippen molar-refractivity contribution >= 4 is 0 Å². The van der Waals surface area contributed by atoms with Gasteiger partial charge in [-0.15, -0.1) is 0 Å². The SMILES string of the molecule is C[C@@]12OCO[C@@H]1[C@](CO)(CF)O[C@H]2n1ccc(=O)[nH]c1=O. The maximum atomic E-state index is 13.4. The predicted octanol–water partition coefficient (Wildman–Crippen LogP) is -1.10. The fraction of sp³-hybridized carbons (Fsp3) is 0.667. The zero-order chi connectivity index (χ0) is 15.3. The first-order valence-electron chi connectivity index (χ1n) is 6.38. The quantitative estimate of drug-likeness (QED) is 0.734. The Morgan fingerprint density at radius 3 is 2.95 bits per heavy atom. The number of halogens is 1. The molecule has 8 nitrogen and oxygen atoms in total. The van der Waals surface area contributed by atoms with Crippen LogP contribution in [0.4, 0.5) is 4.39 Å². The van der Waals surface area contributed by atoms with Crippen LogP contribution in [0.1, 0.15) is 13.2 Å². The summed E-state index contributed by atoms with van der Waals surface area (Å²) in [4.78, 5) is 25.2. The average Bonchev–Trinajstić information content (AvgIpc) is 2.95. The van der Waals surface area contributed by atoms with Crippen molar-refractivity contribution in [2.24, 2.45) is 0 Å². The van der Waals surface area contributed by atoms with Crippen molar-refractivity contribution < 1.29 is 23.7 Å². The lowest BCUT2D eigenvalue weighted by molar-refractivity contribution is -0.179. The molecule has 2 aliphatic rings. The number of H-pyrrole nitrogens is 1. The highest BCUT2D eigenvalue weighted by atomic mass is 19.1. The monoisotopic (exact) mass is 302 g/mol. The Morgan fingerprint density at radius 1 is 1.57 bits per heavy atom. The van der Waals surface area contributed by atoms with Gasteiger partial charge < -0.3 is 19.3 Å². The Kier molecular flexibility index (Phi) is 3.24. The second kappa shape index (κ2) is 4.73. The summed E-state index contributed by atoms with van der Waals surface area (Å²) in [6.07, 6.45) is -0.664. The summed E-state index contributed by atoms with van der Waals surface area (Å²) in [6.45, 7) is -0.107. The van der Waals surface area contributed by atoms with E-state index in [1.165, 1.54) is 6.20 Å². The van der Waals surface area contributed by atoms with Gasteiger partial charge in [0.25, 0.3) is 5.56 Å². The maximum Gasteiger partial charge on any atom is 0.330 e. The van der Waals surface area contributed by atoms with Crippen molar-refractivity contribution in [2.75, 3.05) is 20.1 Å². The summed E-state index contributed by atoms with van der Waals surface area (Å²) in [5.41, 5.74) is -4.03. The Morgan fingerprint density at radius 2 is 2.33 bits per heavy atom. The van der Waals surface area contributed by atoms with Crippen LogP contribution >= 0.6 is 0 Å². The minimum atomic E-state index is -1.61. The van der Waals surface area contributed by atoms with Crippen LogP contribution in [0.2, 0.25) is 0 Å². The smallest absolute Gasteiger partial charge is 0.330 e. The number of aromatic nitrogens is 2. The van der Waals surface area contributed by atoms with Gasteiger partial charge in [0.05, 0.1) is 6.61 Å². The summed E-state index contributed by atoms with van der Waals surface area (Å²) < 4.78 is 31.0. The van der Waals surface area contributed by atoms with E-state index < -0.39 is 48.1 Å². The number of nitrogens with one attached hydrogen (secondary N) is 1. The molecule has 116 valence electrons. The van der Waals surface area contributed by atoms with Crippen LogP contribution in [0.25, 0.3) is 0 Å². The lowest BCUT2D eigenvalue weighted by atomic mass is 9.88. The molecule has 2 N–H and O–H groups in total. The predicted molar refractivity (Wildman–Crippen MR) is 66.5 cm³/mol. The van der Waals surface area contributed by atoms with Gasteiger partial charge in [0.1, 0.15) is 25.2 Å². The molecule has 0 saturated carbocycles. The summed E-state index contributed by atoms with van der Waals surface area (Å²) in [5.74, 6) is 0. The molecule has 2 saturated heterocycles. The zero-order valence-electron chi connectivity index (χ0n) is 11.2. The number of aliphatic hydroxyl groups is 1. The van der Waals surface area contributed by atoms with Crippen LogP contribution in [-0.2, 0) is 14.2 Å². The molecule has 3 rings (SSSR count). The minimum Gasteiger partial charge on any atom is -0.393 e. The van der Waals surface area contributed by atoms with Crippen LogP contribution in [0, 0.1) is 0 Å². The van der Waals surface area contributed by atoms with Gasteiger partial charge in [-0.3, -0.25) is 14.3 Å². The molecule has 1 aromatic rings. The Hall–Kier alpha value is -1.55. The second-order valence-electron chi connectivity index (χ2n) is 5.34. The topological polar surface area (TPSA) is 103 Å². The molecule has 0 bridgehead atoms. The fourth-order valence-electron chi connectivity index (χ4n) is 2.96. The first kappa shape index (κ1) is 14.4. The van der Waals surface area contributed by atoms with Crippen molar-refractivity contribution in [3.63, 3.8) is 0 Å². The largest absolute Gasteiger partial charge is 0.393 e. The summed E-state index contributed by atoms with van der Waals surface area (Å²) in [7, 11) is 0. The van der Waals surface area contributed by atoms with Gasteiger partial charge in [-0.1, -0.05) is 0 Å². The number of hydrogen-bond acceptors (Lipinski definition) is 6. The number of alkyl halides is 1. The highest BCUT2D eigenvalue weighted by molar-refractivity contribution is 5.11. The van der Waals surface area contributed by atoms with Crippen molar-refractivity contribution in [1.82, 2.24) is 9.55 Å². The molecule has 0 unspecified atom stereocenters. The minimum absolute atomic E-state index is 0.0963. The third-order valence-electron chi connectivity index (χ3n) is 4.04. The van der Waals surface area contributed by atoms with E-state index in [2.05, 4.69) is 4.98 Å². The van der Waals surface area contributed by atoms with Gasteiger partial charge in [-0.2, -0.15) is 0 Å². The van der Waals surface area contributed by atoms with E-state index in [4.69, 9.17) is 14.2 Å². The molecular formula is C12H15FN2O6. The lowest BCUT2D eigenvalue weighted by Crippen LogP contribution is -2.51. The van der Waals surface area contributed by atoms with E-state index in [-0.39, 0.29) is 6.79 Å². The molecule has 21 heavy (non-hydrogen) atoms. The van der Waals surface area contributed by atoms with Crippen LogP contribution in [0.15, 0.2) is 21.9 Å². The third-order valence-corrected chi connectivity index (χ3v) is 4.04. The molecule has 0 amide bonds. The molecule has 0 radical (unpaired) electrons. The fourth-order valence-corrected chi connectivity index (χ4v) is 2.96. The number of fused-ring (bicyclic) bond motifs is 1. The van der Waals surface area contributed by atoms with Gasteiger partial charge in [0, 0.05) is 12.3 Å². The summed E-state index contributed by atoms with van der Waals surface area (Å²) in [5, 5.41) is 9.51. The number of aromatic amines is 1. The molecule has 3 heterocycles. The summed E-state index contributed by atoms with van der Waals surface area (Å²) >= 11 is 0. The molecule has 2 fully saturated rings. The van der Waals surface area contributed by atoms with Gasteiger partial charge >= 0.3 is 5.69 Å². The number of aliphatic hydroxyl groups excluding tert-OH is 1. The van der Waals surface area contributed by atoms with Crippen LogP contribution in [0.3, 0.4) is 0 Å². The van der Waals surface area contributed by atoms with Gasteiger partial charge in [0.2, 0.25) is 0 Å². The molecule has 0 spiro atoms. The van der Waals surface area contributed by atoms with E-state index in [0.29, 0.717) is 0 Å². The number of ether oxygens (including phenoxy) is 3.